The molecule has 0 unspecified atom stereocenters. The van der Waals surface area contributed by atoms with E-state index in [1.54, 1.807) is 6.07 Å². The summed E-state index contributed by atoms with van der Waals surface area (Å²) in [6, 6.07) is 5.83. The van der Waals surface area contributed by atoms with Crippen LogP contribution in [0.15, 0.2) is 18.2 Å². The number of nitrogens with two attached hydrogens (primary N) is 1. The monoisotopic (exact) mass is 216 g/mol. The van der Waals surface area contributed by atoms with Crippen molar-refractivity contribution in [2.45, 2.75) is 6.18 Å². The molecular weight excluding hydrogens is 209 g/mol. The SMILES string of the molecule is N#Cc1cccc(OCC(F)(F)F)c1N. The lowest BCUT2D eigenvalue weighted by atomic mass is 10.2. The van der Waals surface area contributed by atoms with Gasteiger partial charge in [-0.05, 0) is 12.1 Å². The van der Waals surface area contributed by atoms with Gasteiger partial charge in [-0.25, -0.2) is 0 Å². The number of hydrogen-bond acceptors (Lipinski definition) is 3. The van der Waals surface area contributed by atoms with Crippen LogP contribution < -0.4 is 10.5 Å². The van der Waals surface area contributed by atoms with Gasteiger partial charge in [0.2, 0.25) is 0 Å². The summed E-state index contributed by atoms with van der Waals surface area (Å²) >= 11 is 0. The number of alkyl halides is 3. The molecule has 0 spiro atoms. The third-order valence-electron chi connectivity index (χ3n) is 1.58. The second-order valence-electron chi connectivity index (χ2n) is 2.73. The zero-order chi connectivity index (χ0) is 11.5. The molecule has 0 atom stereocenters. The van der Waals surface area contributed by atoms with Gasteiger partial charge in [0.25, 0.3) is 0 Å². The van der Waals surface area contributed by atoms with Gasteiger partial charge < -0.3 is 10.5 Å². The van der Waals surface area contributed by atoms with Crippen LogP contribution >= 0.6 is 0 Å². The van der Waals surface area contributed by atoms with Gasteiger partial charge in [-0.3, -0.25) is 0 Å². The minimum Gasteiger partial charge on any atom is -0.482 e. The summed E-state index contributed by atoms with van der Waals surface area (Å²) in [6.07, 6.45) is -4.42. The average Bonchev–Trinajstić information content (AvgIpc) is 2.15. The molecule has 1 aromatic carbocycles. The van der Waals surface area contributed by atoms with Crippen LogP contribution in [0.2, 0.25) is 0 Å². The predicted molar refractivity (Wildman–Crippen MR) is 47.1 cm³/mol. The molecule has 0 amide bonds. The highest BCUT2D eigenvalue weighted by atomic mass is 19.4. The molecule has 15 heavy (non-hydrogen) atoms. The molecule has 0 aliphatic heterocycles. The van der Waals surface area contributed by atoms with Crippen LogP contribution in [0.5, 0.6) is 5.75 Å². The number of halogens is 3. The van der Waals surface area contributed by atoms with Crippen LogP contribution in [0.3, 0.4) is 0 Å². The molecule has 1 rings (SSSR count). The Morgan fingerprint density at radius 3 is 2.60 bits per heavy atom. The van der Waals surface area contributed by atoms with Crippen LogP contribution in [0.1, 0.15) is 5.56 Å². The van der Waals surface area contributed by atoms with Crippen LogP contribution in [-0.2, 0) is 0 Å². The molecule has 0 aliphatic carbocycles. The number of rotatable bonds is 2. The fourth-order valence-corrected chi connectivity index (χ4v) is 0.927. The molecule has 0 aromatic heterocycles. The molecule has 1 aromatic rings. The summed E-state index contributed by atoms with van der Waals surface area (Å²) in [5.41, 5.74) is 5.42. The average molecular weight is 216 g/mol. The zero-order valence-corrected chi connectivity index (χ0v) is 7.51. The number of hydrogen-bond donors (Lipinski definition) is 1. The Labute approximate surface area is 83.9 Å². The van der Waals surface area contributed by atoms with Gasteiger partial charge in [-0.2, -0.15) is 18.4 Å². The molecule has 80 valence electrons. The topological polar surface area (TPSA) is 59.0 Å². The zero-order valence-electron chi connectivity index (χ0n) is 7.51. The lowest BCUT2D eigenvalue weighted by molar-refractivity contribution is -0.153. The first-order valence-corrected chi connectivity index (χ1v) is 3.92. The van der Waals surface area contributed by atoms with Crippen molar-refractivity contribution in [1.29, 1.82) is 5.26 Å². The Hall–Kier alpha value is -1.90. The normalized spacial score (nSPS) is 10.8. The molecule has 0 aliphatic rings. The summed E-state index contributed by atoms with van der Waals surface area (Å²) in [4.78, 5) is 0. The van der Waals surface area contributed by atoms with E-state index in [1.807, 2.05) is 0 Å². The lowest BCUT2D eigenvalue weighted by Crippen LogP contribution is -2.19. The minimum absolute atomic E-state index is 0.0794. The number of nitriles is 1. The van der Waals surface area contributed by atoms with E-state index < -0.39 is 12.8 Å². The summed E-state index contributed by atoms with van der Waals surface area (Å²) in [5, 5.41) is 8.56. The Morgan fingerprint density at radius 2 is 2.07 bits per heavy atom. The van der Waals surface area contributed by atoms with Crippen LogP contribution in [0, 0.1) is 11.3 Å². The number of nitrogens with zero attached hydrogens (tertiary/aromatic N) is 1. The number of anilines is 1. The lowest BCUT2D eigenvalue weighted by Gasteiger charge is -2.11. The minimum atomic E-state index is -4.42. The number of ether oxygens (including phenoxy) is 1. The van der Waals surface area contributed by atoms with Crippen molar-refractivity contribution in [1.82, 2.24) is 0 Å². The maximum absolute atomic E-state index is 11.8. The van der Waals surface area contributed by atoms with Gasteiger partial charge in [-0.1, -0.05) is 6.07 Å². The van der Waals surface area contributed by atoms with Gasteiger partial charge in [-0.15, -0.1) is 0 Å². The van der Waals surface area contributed by atoms with E-state index in [0.29, 0.717) is 0 Å². The van der Waals surface area contributed by atoms with Crippen LogP contribution in [-0.4, -0.2) is 12.8 Å². The Kier molecular flexibility index (Phi) is 3.04. The van der Waals surface area contributed by atoms with E-state index in [9.17, 15) is 13.2 Å². The van der Waals surface area contributed by atoms with Gasteiger partial charge in [0.15, 0.2) is 6.61 Å². The van der Waals surface area contributed by atoms with Crippen LogP contribution in [0.25, 0.3) is 0 Å². The first-order valence-electron chi connectivity index (χ1n) is 3.92. The van der Waals surface area contributed by atoms with Crippen LogP contribution in [0.4, 0.5) is 18.9 Å². The van der Waals surface area contributed by atoms with Crippen molar-refractivity contribution in [3.05, 3.63) is 23.8 Å². The second kappa shape index (κ2) is 4.09. The quantitative estimate of drug-likeness (QED) is 0.770. The van der Waals surface area contributed by atoms with E-state index >= 15 is 0 Å². The Balaban J connectivity index is 2.83. The molecule has 0 heterocycles. The van der Waals surface area contributed by atoms with E-state index in [-0.39, 0.29) is 17.0 Å². The first-order chi connectivity index (χ1) is 6.94. The molecule has 3 nitrogen and oxygen atoms in total. The molecule has 0 fully saturated rings. The predicted octanol–water partition coefficient (Wildman–Crippen LogP) is 2.08. The summed E-state index contributed by atoms with van der Waals surface area (Å²) in [5.74, 6) is -0.133. The summed E-state index contributed by atoms with van der Waals surface area (Å²) in [6.45, 7) is -1.42. The smallest absolute Gasteiger partial charge is 0.422 e. The Bertz CT molecular complexity index is 395. The van der Waals surface area contributed by atoms with Crippen molar-refractivity contribution in [3.8, 4) is 11.8 Å². The summed E-state index contributed by atoms with van der Waals surface area (Å²) < 4.78 is 39.9. The highest BCUT2D eigenvalue weighted by Crippen LogP contribution is 2.26. The van der Waals surface area contributed by atoms with Crippen molar-refractivity contribution in [2.24, 2.45) is 0 Å². The molecule has 2 N–H and O–H groups in total. The van der Waals surface area contributed by atoms with Crippen molar-refractivity contribution in [3.63, 3.8) is 0 Å². The van der Waals surface area contributed by atoms with Crippen molar-refractivity contribution in [2.75, 3.05) is 12.3 Å². The molecule has 0 radical (unpaired) electrons. The second-order valence-corrected chi connectivity index (χ2v) is 2.73. The maximum Gasteiger partial charge on any atom is 0.422 e. The highest BCUT2D eigenvalue weighted by Gasteiger charge is 2.28. The standard InChI is InChI=1S/C9H7F3N2O/c10-9(11,12)5-15-7-3-1-2-6(4-13)8(7)14/h1-3H,5,14H2. The molecule has 6 heteroatoms. The van der Waals surface area contributed by atoms with Crippen molar-refractivity contribution < 1.29 is 17.9 Å². The van der Waals surface area contributed by atoms with Gasteiger partial charge in [0.1, 0.15) is 11.8 Å². The molecular formula is C9H7F3N2O. The third-order valence-corrected chi connectivity index (χ3v) is 1.58. The van der Waals surface area contributed by atoms with Gasteiger partial charge in [0.05, 0.1) is 11.3 Å². The van der Waals surface area contributed by atoms with E-state index in [0.717, 1.165) is 0 Å². The number of para-hydroxylation sites is 1. The fourth-order valence-electron chi connectivity index (χ4n) is 0.927. The third kappa shape index (κ3) is 3.06. The van der Waals surface area contributed by atoms with Gasteiger partial charge in [0, 0.05) is 0 Å². The number of benzene rings is 1. The van der Waals surface area contributed by atoms with E-state index in [2.05, 4.69) is 4.74 Å². The highest BCUT2D eigenvalue weighted by molar-refractivity contribution is 5.62. The van der Waals surface area contributed by atoms with Crippen molar-refractivity contribution >= 4 is 5.69 Å². The Morgan fingerprint density at radius 1 is 1.40 bits per heavy atom. The summed E-state index contributed by atoms with van der Waals surface area (Å²) in [7, 11) is 0. The maximum atomic E-state index is 11.8. The molecule has 0 saturated carbocycles. The molecule has 0 bridgehead atoms. The number of nitrogen functional groups attached to an aromatic ring is 1. The van der Waals surface area contributed by atoms with E-state index in [1.165, 1.54) is 18.2 Å². The largest absolute Gasteiger partial charge is 0.482 e. The fraction of sp³-hybridized carbons (Fsp3) is 0.222. The van der Waals surface area contributed by atoms with Gasteiger partial charge >= 0.3 is 6.18 Å². The van der Waals surface area contributed by atoms with E-state index in [4.69, 9.17) is 11.0 Å². The first kappa shape index (κ1) is 11.2. The molecule has 0 saturated heterocycles.